The number of nitrogens with zero attached hydrogens (tertiary/aromatic N) is 4. The Kier molecular flexibility index (Phi) is 2.95. The van der Waals surface area contributed by atoms with Crippen LogP contribution in [-0.4, -0.2) is 19.8 Å². The Balaban J connectivity index is 1.66. The molecule has 5 rings (SSSR count). The van der Waals surface area contributed by atoms with Gasteiger partial charge < -0.3 is 0 Å². The minimum atomic E-state index is 0.732. The molecule has 4 heteroatoms. The van der Waals surface area contributed by atoms with Gasteiger partial charge in [-0.3, -0.25) is 0 Å². The lowest BCUT2D eigenvalue weighted by molar-refractivity contribution is 0.819. The van der Waals surface area contributed by atoms with Crippen LogP contribution in [0.5, 0.6) is 0 Å². The number of benzene rings is 2. The fraction of sp³-hybridized carbons (Fsp3) is 0.150. The van der Waals surface area contributed by atoms with Crippen LogP contribution in [-0.2, 0) is 19.3 Å². The molecule has 116 valence electrons. The van der Waals surface area contributed by atoms with E-state index in [0.29, 0.717) is 0 Å². The first-order valence-electron chi connectivity index (χ1n) is 8.25. The van der Waals surface area contributed by atoms with Gasteiger partial charge in [0.05, 0.1) is 5.69 Å². The lowest BCUT2D eigenvalue weighted by Gasteiger charge is -2.18. The Labute approximate surface area is 139 Å². The summed E-state index contributed by atoms with van der Waals surface area (Å²) < 4.78 is 1.90. The smallest absolute Gasteiger partial charge is 0.178 e. The lowest BCUT2D eigenvalue weighted by atomic mass is 9.89. The van der Waals surface area contributed by atoms with Gasteiger partial charge >= 0.3 is 0 Å². The van der Waals surface area contributed by atoms with Crippen molar-refractivity contribution in [2.45, 2.75) is 19.3 Å². The van der Waals surface area contributed by atoms with Crippen LogP contribution in [0.25, 0.3) is 16.9 Å². The number of hydrogen-bond acceptors (Lipinski definition) is 3. The molecule has 0 bridgehead atoms. The molecule has 0 atom stereocenters. The van der Waals surface area contributed by atoms with E-state index in [1.165, 1.54) is 22.3 Å². The zero-order valence-electron chi connectivity index (χ0n) is 13.2. The highest BCUT2D eigenvalue weighted by atomic mass is 15.4. The molecular weight excluding hydrogens is 296 g/mol. The van der Waals surface area contributed by atoms with Crippen LogP contribution in [0, 0.1) is 0 Å². The minimum absolute atomic E-state index is 0.732. The van der Waals surface area contributed by atoms with Gasteiger partial charge in [0.1, 0.15) is 0 Å². The Bertz CT molecular complexity index is 1030. The predicted octanol–water partition coefficient (Wildman–Crippen LogP) is 3.48. The van der Waals surface area contributed by atoms with E-state index >= 15 is 0 Å². The Hall–Kier alpha value is -3.01. The molecule has 0 aliphatic heterocycles. The molecule has 4 nitrogen and oxygen atoms in total. The molecule has 0 saturated carbocycles. The van der Waals surface area contributed by atoms with E-state index in [1.807, 2.05) is 22.7 Å². The summed E-state index contributed by atoms with van der Waals surface area (Å²) in [7, 11) is 0. The summed E-state index contributed by atoms with van der Waals surface area (Å²) in [6.07, 6.45) is 2.80. The first-order chi connectivity index (χ1) is 11.9. The number of fused-ring (bicyclic) bond motifs is 4. The number of hydrogen-bond donors (Lipinski definition) is 0. The van der Waals surface area contributed by atoms with Gasteiger partial charge in [0.2, 0.25) is 0 Å². The van der Waals surface area contributed by atoms with Crippen molar-refractivity contribution in [1.29, 1.82) is 0 Å². The van der Waals surface area contributed by atoms with Gasteiger partial charge in [-0.2, -0.15) is 9.61 Å². The molecule has 1 aliphatic rings. The lowest BCUT2D eigenvalue weighted by Crippen LogP contribution is -2.10. The molecule has 4 aromatic rings. The fourth-order valence-electron chi connectivity index (χ4n) is 3.46. The van der Waals surface area contributed by atoms with Gasteiger partial charge in [0, 0.05) is 12.0 Å². The van der Waals surface area contributed by atoms with Crippen molar-refractivity contribution in [3.05, 3.63) is 83.2 Å². The highest BCUT2D eigenvalue weighted by molar-refractivity contribution is 5.70. The number of rotatable bonds is 2. The highest BCUT2D eigenvalue weighted by Crippen LogP contribution is 2.32. The normalized spacial score (nSPS) is 12.8. The molecule has 0 amide bonds. The van der Waals surface area contributed by atoms with E-state index in [2.05, 4.69) is 52.7 Å². The summed E-state index contributed by atoms with van der Waals surface area (Å²) in [5, 5.41) is 13.6. The van der Waals surface area contributed by atoms with Crippen molar-refractivity contribution in [3.8, 4) is 11.3 Å². The second-order valence-electron chi connectivity index (χ2n) is 6.22. The van der Waals surface area contributed by atoms with Crippen molar-refractivity contribution in [3.63, 3.8) is 0 Å². The number of aryl methyl sites for hydroxylation is 2. The average molecular weight is 312 g/mol. The topological polar surface area (TPSA) is 43.1 Å². The third-order valence-electron chi connectivity index (χ3n) is 4.68. The molecule has 2 aromatic heterocycles. The van der Waals surface area contributed by atoms with Gasteiger partial charge in [-0.1, -0.05) is 54.6 Å². The summed E-state index contributed by atoms with van der Waals surface area (Å²) >= 11 is 0. The molecule has 0 saturated heterocycles. The van der Waals surface area contributed by atoms with E-state index < -0.39 is 0 Å². The van der Waals surface area contributed by atoms with Gasteiger partial charge in [-0.05, 0) is 35.6 Å². The Morgan fingerprint density at radius 2 is 1.62 bits per heavy atom. The van der Waals surface area contributed by atoms with Crippen LogP contribution < -0.4 is 0 Å². The van der Waals surface area contributed by atoms with Gasteiger partial charge in [-0.15, -0.1) is 10.2 Å². The Morgan fingerprint density at radius 3 is 2.54 bits per heavy atom. The maximum absolute atomic E-state index is 4.90. The van der Waals surface area contributed by atoms with Crippen molar-refractivity contribution in [2.24, 2.45) is 0 Å². The highest BCUT2D eigenvalue weighted by Gasteiger charge is 2.19. The molecule has 0 unspecified atom stereocenters. The standard InChI is InChI=1S/C20H16N4/c1-2-6-14(7-3-1)12-18-21-22-19-13-16-11-10-15-8-4-5-9-17(15)20(16)23-24(18)19/h1-9,13H,10-12H2. The summed E-state index contributed by atoms with van der Waals surface area (Å²) in [5.74, 6) is 0.877. The summed E-state index contributed by atoms with van der Waals surface area (Å²) in [5.41, 5.74) is 6.98. The van der Waals surface area contributed by atoms with Crippen molar-refractivity contribution >= 4 is 5.65 Å². The van der Waals surface area contributed by atoms with E-state index in [9.17, 15) is 0 Å². The zero-order valence-corrected chi connectivity index (χ0v) is 13.2. The van der Waals surface area contributed by atoms with Crippen LogP contribution in [0.3, 0.4) is 0 Å². The predicted molar refractivity (Wildman–Crippen MR) is 92.9 cm³/mol. The fourth-order valence-corrected chi connectivity index (χ4v) is 3.46. The third kappa shape index (κ3) is 2.11. The molecule has 2 heterocycles. The monoisotopic (exact) mass is 312 g/mol. The van der Waals surface area contributed by atoms with Crippen LogP contribution in [0.4, 0.5) is 0 Å². The first-order valence-corrected chi connectivity index (χ1v) is 8.25. The van der Waals surface area contributed by atoms with Crippen LogP contribution in [0.2, 0.25) is 0 Å². The quantitative estimate of drug-likeness (QED) is 0.569. The van der Waals surface area contributed by atoms with E-state index in [-0.39, 0.29) is 0 Å². The molecule has 0 radical (unpaired) electrons. The van der Waals surface area contributed by atoms with Gasteiger partial charge in [0.25, 0.3) is 0 Å². The summed E-state index contributed by atoms with van der Waals surface area (Å²) in [4.78, 5) is 0. The van der Waals surface area contributed by atoms with E-state index in [4.69, 9.17) is 5.10 Å². The zero-order chi connectivity index (χ0) is 15.9. The molecule has 0 N–H and O–H groups in total. The number of aromatic nitrogens is 4. The van der Waals surface area contributed by atoms with Gasteiger partial charge in [0.15, 0.2) is 11.5 Å². The van der Waals surface area contributed by atoms with E-state index in [0.717, 1.165) is 36.4 Å². The molecule has 0 fully saturated rings. The SMILES string of the molecule is c1ccc(Cc2nnc3cc4c(nn23)-c2ccccc2CC4)cc1. The summed E-state index contributed by atoms with van der Waals surface area (Å²) in [6, 6.07) is 21.0. The van der Waals surface area contributed by atoms with Crippen molar-refractivity contribution in [1.82, 2.24) is 19.8 Å². The van der Waals surface area contributed by atoms with Crippen molar-refractivity contribution < 1.29 is 0 Å². The molecule has 2 aromatic carbocycles. The minimum Gasteiger partial charge on any atom is -0.196 e. The van der Waals surface area contributed by atoms with E-state index in [1.54, 1.807) is 0 Å². The van der Waals surface area contributed by atoms with Crippen LogP contribution >= 0.6 is 0 Å². The van der Waals surface area contributed by atoms with Crippen molar-refractivity contribution in [2.75, 3.05) is 0 Å². The first kappa shape index (κ1) is 13.4. The molecule has 0 spiro atoms. The second kappa shape index (κ2) is 5.27. The maximum Gasteiger partial charge on any atom is 0.178 e. The third-order valence-corrected chi connectivity index (χ3v) is 4.68. The second-order valence-corrected chi connectivity index (χ2v) is 6.22. The summed E-state index contributed by atoms with van der Waals surface area (Å²) in [6.45, 7) is 0. The maximum atomic E-state index is 4.90. The Morgan fingerprint density at radius 1 is 0.833 bits per heavy atom. The van der Waals surface area contributed by atoms with Crippen LogP contribution in [0.1, 0.15) is 22.5 Å². The average Bonchev–Trinajstić information content (AvgIpc) is 3.03. The molecule has 24 heavy (non-hydrogen) atoms. The van der Waals surface area contributed by atoms with Gasteiger partial charge in [-0.25, -0.2) is 0 Å². The molecule has 1 aliphatic carbocycles. The largest absolute Gasteiger partial charge is 0.196 e. The molecular formula is C20H16N4. The van der Waals surface area contributed by atoms with Crippen LogP contribution in [0.15, 0.2) is 60.7 Å².